The number of nitrogens with one attached hydrogen (secondary N) is 1. The van der Waals surface area contributed by atoms with Crippen molar-refractivity contribution < 1.29 is 24.6 Å². The Labute approximate surface area is 204 Å². The van der Waals surface area contributed by atoms with E-state index in [0.29, 0.717) is 16.8 Å². The molecule has 8 nitrogen and oxygen atoms in total. The summed E-state index contributed by atoms with van der Waals surface area (Å²) in [6.07, 6.45) is 7.67. The largest absolute Gasteiger partial charge is 0.508 e. The molecule has 1 saturated heterocycles. The van der Waals surface area contributed by atoms with Crippen molar-refractivity contribution in [1.82, 2.24) is 10.2 Å². The normalized spacial score (nSPS) is 19.4. The van der Waals surface area contributed by atoms with Gasteiger partial charge >= 0.3 is 0 Å². The lowest BCUT2D eigenvalue weighted by Gasteiger charge is -2.24. The first-order valence-corrected chi connectivity index (χ1v) is 11.6. The average Bonchev–Trinajstić information content (AvgIpc) is 3.31. The van der Waals surface area contributed by atoms with Gasteiger partial charge in [0.05, 0.1) is 18.4 Å². The minimum absolute atomic E-state index is 0.0303. The van der Waals surface area contributed by atoms with Gasteiger partial charge in [0.1, 0.15) is 18.9 Å². The molecular weight excluding hydrogens is 446 g/mol. The van der Waals surface area contributed by atoms with Gasteiger partial charge < -0.3 is 25.3 Å². The van der Waals surface area contributed by atoms with E-state index < -0.39 is 18.1 Å². The van der Waals surface area contributed by atoms with Gasteiger partial charge in [0.15, 0.2) is 0 Å². The Morgan fingerprint density at radius 3 is 2.69 bits per heavy atom. The van der Waals surface area contributed by atoms with Crippen molar-refractivity contribution in [3.05, 3.63) is 83.4 Å². The van der Waals surface area contributed by atoms with Gasteiger partial charge in [-0.25, -0.2) is 0 Å². The molecule has 2 atom stereocenters. The summed E-state index contributed by atoms with van der Waals surface area (Å²) in [4.78, 5) is 32.7. The number of phenolic OH excluding ortho intramolecular Hbond substituents is 1. The smallest absolute Gasteiger partial charge is 0.254 e. The highest BCUT2D eigenvalue weighted by atomic mass is 16.6. The predicted molar refractivity (Wildman–Crippen MR) is 133 cm³/mol. The van der Waals surface area contributed by atoms with Gasteiger partial charge in [0.2, 0.25) is 5.91 Å². The summed E-state index contributed by atoms with van der Waals surface area (Å²) in [6, 6.07) is 12.8. The van der Waals surface area contributed by atoms with E-state index in [1.165, 1.54) is 24.1 Å². The number of nitrogens with zero attached hydrogens (tertiary/aromatic N) is 2. The maximum absolute atomic E-state index is 13.3. The maximum Gasteiger partial charge on any atom is 0.254 e. The molecule has 1 aliphatic carbocycles. The van der Waals surface area contributed by atoms with Gasteiger partial charge in [-0.1, -0.05) is 47.6 Å². The molecule has 0 bridgehead atoms. The van der Waals surface area contributed by atoms with E-state index >= 15 is 0 Å². The van der Waals surface area contributed by atoms with Crippen molar-refractivity contribution in [2.24, 2.45) is 5.16 Å². The number of carbonyl (C=O) groups is 2. The molecule has 0 radical (unpaired) electrons. The molecule has 2 aromatic carbocycles. The SMILES string of the molecule is CON=C1C[C@@H](C(=O)NCC(O)c2cccc(O)c2)N(C(=O)c2ccc(C3=CCCC=C3)cc2)C1. The number of hydrogen-bond donors (Lipinski definition) is 3. The van der Waals surface area contributed by atoms with E-state index in [1.807, 2.05) is 12.1 Å². The van der Waals surface area contributed by atoms with Gasteiger partial charge in [-0.2, -0.15) is 0 Å². The van der Waals surface area contributed by atoms with Crippen LogP contribution in [0.3, 0.4) is 0 Å². The summed E-state index contributed by atoms with van der Waals surface area (Å²) in [5, 5.41) is 26.7. The molecule has 0 saturated carbocycles. The molecule has 2 aliphatic rings. The predicted octanol–water partition coefficient (Wildman–Crippen LogP) is 3.19. The van der Waals surface area contributed by atoms with Crippen LogP contribution in [-0.2, 0) is 9.63 Å². The minimum atomic E-state index is -1.00. The van der Waals surface area contributed by atoms with Gasteiger partial charge in [-0.15, -0.1) is 0 Å². The van der Waals surface area contributed by atoms with Crippen LogP contribution in [0.2, 0.25) is 0 Å². The van der Waals surface area contributed by atoms with Crippen molar-refractivity contribution in [2.45, 2.75) is 31.4 Å². The average molecular weight is 476 g/mol. The number of aliphatic hydroxyl groups is 1. The zero-order valence-electron chi connectivity index (χ0n) is 19.6. The Hall–Kier alpha value is -3.91. The third-order valence-corrected chi connectivity index (χ3v) is 6.13. The first-order valence-electron chi connectivity index (χ1n) is 11.6. The van der Waals surface area contributed by atoms with E-state index in [-0.39, 0.29) is 31.2 Å². The Balaban J connectivity index is 1.46. The number of likely N-dealkylation sites (tertiary alicyclic amines) is 1. The highest BCUT2D eigenvalue weighted by molar-refractivity contribution is 6.05. The molecule has 2 aromatic rings. The van der Waals surface area contributed by atoms with Crippen molar-refractivity contribution in [1.29, 1.82) is 0 Å². The van der Waals surface area contributed by atoms with Crippen LogP contribution in [0.1, 0.15) is 46.9 Å². The molecule has 1 unspecified atom stereocenters. The summed E-state index contributed by atoms with van der Waals surface area (Å²) in [6.45, 7) is 0.115. The number of phenols is 1. The van der Waals surface area contributed by atoms with E-state index in [9.17, 15) is 19.8 Å². The Morgan fingerprint density at radius 2 is 2.00 bits per heavy atom. The second kappa shape index (κ2) is 11.0. The summed E-state index contributed by atoms with van der Waals surface area (Å²) in [5.74, 6) is -0.643. The molecule has 0 aromatic heterocycles. The van der Waals surface area contributed by atoms with E-state index in [0.717, 1.165) is 24.0 Å². The van der Waals surface area contributed by atoms with Crippen LogP contribution >= 0.6 is 0 Å². The van der Waals surface area contributed by atoms with Gasteiger partial charge in [-0.3, -0.25) is 9.59 Å². The summed E-state index contributed by atoms with van der Waals surface area (Å²) in [5.41, 5.74) is 3.72. The number of benzene rings is 2. The molecule has 182 valence electrons. The molecule has 1 fully saturated rings. The quantitative estimate of drug-likeness (QED) is 0.533. The molecule has 1 aliphatic heterocycles. The fourth-order valence-electron chi connectivity index (χ4n) is 4.31. The molecule has 4 rings (SSSR count). The molecular formula is C27H29N3O5. The van der Waals surface area contributed by atoms with Gasteiger partial charge in [0, 0.05) is 18.5 Å². The first kappa shape index (κ1) is 24.2. The number of aliphatic hydroxyl groups excluding tert-OH is 1. The van der Waals surface area contributed by atoms with Crippen LogP contribution < -0.4 is 5.32 Å². The zero-order chi connectivity index (χ0) is 24.8. The van der Waals surface area contributed by atoms with Gasteiger partial charge in [-0.05, 0) is 53.8 Å². The number of rotatable bonds is 7. The molecule has 8 heteroatoms. The number of hydrogen-bond acceptors (Lipinski definition) is 6. The molecule has 35 heavy (non-hydrogen) atoms. The number of oxime groups is 1. The lowest BCUT2D eigenvalue weighted by Crippen LogP contribution is -2.46. The molecule has 1 heterocycles. The third-order valence-electron chi connectivity index (χ3n) is 6.13. The first-order chi connectivity index (χ1) is 17.0. The summed E-state index contributed by atoms with van der Waals surface area (Å²) in [7, 11) is 1.42. The third kappa shape index (κ3) is 5.78. The maximum atomic E-state index is 13.3. The van der Waals surface area contributed by atoms with E-state index in [2.05, 4.69) is 28.7 Å². The Kier molecular flexibility index (Phi) is 7.62. The monoisotopic (exact) mass is 475 g/mol. The lowest BCUT2D eigenvalue weighted by atomic mass is 9.98. The highest BCUT2D eigenvalue weighted by Crippen LogP contribution is 2.24. The van der Waals surface area contributed by atoms with Crippen LogP contribution in [0, 0.1) is 0 Å². The van der Waals surface area contributed by atoms with Crippen molar-refractivity contribution in [3.8, 4) is 5.75 Å². The molecule has 2 amide bonds. The summed E-state index contributed by atoms with van der Waals surface area (Å²) < 4.78 is 0. The second-order valence-electron chi connectivity index (χ2n) is 8.57. The fraction of sp³-hybridized carbons (Fsp3) is 0.296. The van der Waals surface area contributed by atoms with Gasteiger partial charge in [0.25, 0.3) is 5.91 Å². The van der Waals surface area contributed by atoms with Crippen LogP contribution in [0.4, 0.5) is 0 Å². The Bertz CT molecular complexity index is 1170. The van der Waals surface area contributed by atoms with Crippen molar-refractivity contribution in [3.63, 3.8) is 0 Å². The minimum Gasteiger partial charge on any atom is -0.508 e. The van der Waals surface area contributed by atoms with Crippen LogP contribution in [0.25, 0.3) is 5.57 Å². The fourth-order valence-corrected chi connectivity index (χ4v) is 4.31. The Morgan fingerprint density at radius 1 is 1.20 bits per heavy atom. The topological polar surface area (TPSA) is 111 Å². The highest BCUT2D eigenvalue weighted by Gasteiger charge is 2.38. The van der Waals surface area contributed by atoms with Crippen molar-refractivity contribution >= 4 is 23.1 Å². The van der Waals surface area contributed by atoms with Crippen LogP contribution in [0.15, 0.2) is 71.9 Å². The number of carbonyl (C=O) groups excluding carboxylic acids is 2. The summed E-state index contributed by atoms with van der Waals surface area (Å²) >= 11 is 0. The van der Waals surface area contributed by atoms with E-state index in [1.54, 1.807) is 24.3 Å². The van der Waals surface area contributed by atoms with Crippen LogP contribution in [0.5, 0.6) is 5.75 Å². The lowest BCUT2D eigenvalue weighted by molar-refractivity contribution is -0.125. The van der Waals surface area contributed by atoms with E-state index in [4.69, 9.17) is 4.84 Å². The van der Waals surface area contributed by atoms with Crippen LogP contribution in [-0.4, -0.2) is 58.9 Å². The standard InChI is InChI=1S/C27H29N3O5/c1-35-29-22-15-24(26(33)28-16-25(32)21-8-5-9-23(31)14-21)30(17-22)27(34)20-12-10-19(11-13-20)18-6-3-2-4-7-18/h3,5-14,24-25,31-32H,2,4,15-17H2,1H3,(H,28,33)/t24-,25?/m0/s1. The molecule has 0 spiro atoms. The number of aromatic hydroxyl groups is 1. The number of amides is 2. The number of allylic oxidation sites excluding steroid dienone is 4. The second-order valence-corrected chi connectivity index (χ2v) is 8.57. The zero-order valence-corrected chi connectivity index (χ0v) is 19.6. The van der Waals surface area contributed by atoms with Crippen molar-refractivity contribution in [2.75, 3.05) is 20.2 Å². The molecule has 3 N–H and O–H groups in total.